The van der Waals surface area contributed by atoms with E-state index in [0.717, 1.165) is 12.1 Å². The number of benzene rings is 2. The minimum Gasteiger partial charge on any atom is -0.872 e. The highest BCUT2D eigenvalue weighted by molar-refractivity contribution is 7.91. The minimum absolute atomic E-state index is 0. The molecule has 0 amide bonds. The third kappa shape index (κ3) is 3.44. The normalized spacial score (nSPS) is 10.1. The molecule has 19 heavy (non-hydrogen) atoms. The van der Waals surface area contributed by atoms with Crippen molar-refractivity contribution in [2.75, 3.05) is 0 Å². The second kappa shape index (κ2) is 6.85. The Hall–Kier alpha value is -1.15. The highest BCUT2D eigenvalue weighted by Crippen LogP contribution is 2.30. The van der Waals surface area contributed by atoms with E-state index in [4.69, 9.17) is 0 Å². The number of hydrogen-bond acceptors (Lipinski definition) is 4. The van der Waals surface area contributed by atoms with Crippen LogP contribution in [0.4, 0.5) is 0 Å². The Morgan fingerprint density at radius 1 is 0.684 bits per heavy atom. The van der Waals surface area contributed by atoms with Crippen molar-refractivity contribution in [1.29, 1.82) is 0 Å². The first kappa shape index (κ1) is 17.8. The Kier molecular flexibility index (Phi) is 6.44. The van der Waals surface area contributed by atoms with E-state index in [2.05, 4.69) is 0 Å². The van der Waals surface area contributed by atoms with Crippen molar-refractivity contribution in [3.8, 4) is 11.5 Å². The van der Waals surface area contributed by atoms with E-state index in [1.807, 2.05) is 0 Å². The fourth-order valence-corrected chi connectivity index (χ4v) is 2.88. The van der Waals surface area contributed by atoms with Crippen LogP contribution in [-0.4, -0.2) is 8.42 Å². The van der Waals surface area contributed by atoms with Crippen molar-refractivity contribution in [2.45, 2.75) is 9.79 Å². The molecule has 0 N–H and O–H groups in total. The van der Waals surface area contributed by atoms with Gasteiger partial charge in [-0.1, -0.05) is 47.9 Å². The van der Waals surface area contributed by atoms with E-state index in [0.29, 0.717) is 0 Å². The van der Waals surface area contributed by atoms with Gasteiger partial charge >= 0.3 is 0 Å². The Morgan fingerprint density at radius 3 is 1.32 bits per heavy atom. The molecule has 0 bridgehead atoms. The van der Waals surface area contributed by atoms with Gasteiger partial charge < -0.3 is 10.2 Å². The third-order valence-electron chi connectivity index (χ3n) is 2.28. The molecule has 0 saturated heterocycles. The molecule has 2 rings (SSSR count). The summed E-state index contributed by atoms with van der Waals surface area (Å²) < 4.78 is 24.2. The van der Waals surface area contributed by atoms with Crippen LogP contribution >= 0.6 is 19.8 Å². The maximum Gasteiger partial charge on any atom is 0.205 e. The number of hydrogen-bond donors (Lipinski definition) is 0. The monoisotopic (exact) mass is 318 g/mol. The summed E-state index contributed by atoms with van der Waals surface area (Å²) in [5, 5.41) is 22.9. The van der Waals surface area contributed by atoms with Crippen LogP contribution in [-0.2, 0) is 9.84 Å². The number of sulfone groups is 1. The maximum atomic E-state index is 12.1. The summed E-state index contributed by atoms with van der Waals surface area (Å²) in [7, 11) is -4.03. The molecule has 2 aromatic rings. The van der Waals surface area contributed by atoms with E-state index in [9.17, 15) is 18.6 Å². The van der Waals surface area contributed by atoms with Gasteiger partial charge in [0.15, 0.2) is 0 Å². The van der Waals surface area contributed by atoms with Crippen LogP contribution in [0.3, 0.4) is 0 Å². The molecule has 0 fully saturated rings. The SMILES string of the molecule is O=S(=O)(c1ccccc1[O-])c1ccccc1[O-].[PH4+].[PH4+]. The van der Waals surface area contributed by atoms with Crippen molar-refractivity contribution in [3.05, 3.63) is 48.5 Å². The van der Waals surface area contributed by atoms with Gasteiger partial charge in [0.25, 0.3) is 0 Å². The molecule has 0 spiro atoms. The summed E-state index contributed by atoms with van der Waals surface area (Å²) >= 11 is 0. The summed E-state index contributed by atoms with van der Waals surface area (Å²) in [5.41, 5.74) is 0. The van der Waals surface area contributed by atoms with E-state index >= 15 is 0 Å². The van der Waals surface area contributed by atoms with Crippen molar-refractivity contribution in [2.24, 2.45) is 0 Å². The van der Waals surface area contributed by atoms with Crippen molar-refractivity contribution < 1.29 is 18.6 Å². The lowest BCUT2D eigenvalue weighted by Crippen LogP contribution is -2.09. The van der Waals surface area contributed by atoms with E-state index < -0.39 is 21.3 Å². The molecule has 2 aromatic carbocycles. The first-order valence-corrected chi connectivity index (χ1v) is 6.29. The van der Waals surface area contributed by atoms with Crippen molar-refractivity contribution in [1.82, 2.24) is 0 Å². The van der Waals surface area contributed by atoms with E-state index in [1.165, 1.54) is 36.4 Å². The first-order chi connectivity index (χ1) is 8.03. The number of rotatable bonds is 2. The van der Waals surface area contributed by atoms with Crippen molar-refractivity contribution >= 4 is 29.6 Å². The Labute approximate surface area is 118 Å². The Morgan fingerprint density at radius 2 is 1.00 bits per heavy atom. The molecule has 0 heterocycles. The van der Waals surface area contributed by atoms with Gasteiger partial charge in [-0.25, -0.2) is 8.42 Å². The zero-order chi connectivity index (χ0) is 12.5. The topological polar surface area (TPSA) is 80.3 Å². The van der Waals surface area contributed by atoms with Crippen LogP contribution < -0.4 is 10.2 Å². The predicted molar refractivity (Wildman–Crippen MR) is 82.2 cm³/mol. The van der Waals surface area contributed by atoms with Gasteiger partial charge in [-0.15, -0.1) is 0 Å². The predicted octanol–water partition coefficient (Wildman–Crippen LogP) is 0.247. The van der Waals surface area contributed by atoms with Gasteiger partial charge in [-0.2, -0.15) is 0 Å². The van der Waals surface area contributed by atoms with Crippen LogP contribution in [0.2, 0.25) is 0 Å². The molecule has 2 unspecified atom stereocenters. The number of para-hydroxylation sites is 2. The molecule has 0 aliphatic carbocycles. The standard InChI is InChI=1S/C12H10O4S.2H3P/c13-9-5-1-3-7-11(9)17(15,16)12-8-4-2-6-10(12)14;;/h1-8,13-14H;2*1H3. The lowest BCUT2D eigenvalue weighted by molar-refractivity contribution is -0.272. The first-order valence-electron chi connectivity index (χ1n) is 4.80. The average Bonchev–Trinajstić information content (AvgIpc) is 2.29. The third-order valence-corrected chi connectivity index (χ3v) is 4.11. The van der Waals surface area contributed by atoms with Crippen LogP contribution in [0.5, 0.6) is 11.5 Å². The largest absolute Gasteiger partial charge is 0.872 e. The summed E-state index contributed by atoms with van der Waals surface area (Å²) in [6, 6.07) is 10.5. The fourth-order valence-electron chi connectivity index (χ4n) is 1.46. The zero-order valence-electron chi connectivity index (χ0n) is 10.7. The molecule has 0 aliphatic heterocycles. The lowest BCUT2D eigenvalue weighted by atomic mass is 10.3. The van der Waals surface area contributed by atoms with Gasteiger partial charge in [-0.05, 0) is 31.9 Å². The highest BCUT2D eigenvalue weighted by Gasteiger charge is 2.18. The highest BCUT2D eigenvalue weighted by atomic mass is 32.2. The molecule has 7 heteroatoms. The molecule has 104 valence electrons. The van der Waals surface area contributed by atoms with Gasteiger partial charge in [0.05, 0.1) is 9.79 Å². The quantitative estimate of drug-likeness (QED) is 0.743. The molecular formula is C12H16O4P2S. The summed E-state index contributed by atoms with van der Waals surface area (Å²) in [4.78, 5) is -0.744. The molecule has 0 radical (unpaired) electrons. The summed E-state index contributed by atoms with van der Waals surface area (Å²) in [6.45, 7) is 0. The average molecular weight is 318 g/mol. The smallest absolute Gasteiger partial charge is 0.205 e. The molecular weight excluding hydrogens is 302 g/mol. The maximum absolute atomic E-state index is 12.1. The van der Waals surface area contributed by atoms with E-state index in [-0.39, 0.29) is 29.6 Å². The summed E-state index contributed by atoms with van der Waals surface area (Å²) in [6.07, 6.45) is 0. The lowest BCUT2D eigenvalue weighted by Gasteiger charge is -2.17. The molecule has 0 saturated carbocycles. The fraction of sp³-hybridized carbons (Fsp3) is 0. The molecule has 0 aliphatic rings. The summed E-state index contributed by atoms with van der Waals surface area (Å²) in [5.74, 6) is -1.23. The zero-order valence-corrected chi connectivity index (χ0v) is 15.5. The second-order valence-corrected chi connectivity index (χ2v) is 5.28. The molecule has 4 nitrogen and oxygen atoms in total. The van der Waals surface area contributed by atoms with Crippen molar-refractivity contribution in [3.63, 3.8) is 0 Å². The Balaban J connectivity index is 0.00000162. The van der Waals surface area contributed by atoms with Crippen LogP contribution in [0.25, 0.3) is 0 Å². The van der Waals surface area contributed by atoms with Gasteiger partial charge in [-0.3, -0.25) is 0 Å². The van der Waals surface area contributed by atoms with E-state index in [1.54, 1.807) is 0 Å². The molecule has 2 atom stereocenters. The second-order valence-electron chi connectivity index (χ2n) is 3.40. The minimum atomic E-state index is -4.03. The van der Waals surface area contributed by atoms with Crippen LogP contribution in [0.15, 0.2) is 58.3 Å². The Bertz CT molecular complexity index is 605. The van der Waals surface area contributed by atoms with Gasteiger partial charge in [0.1, 0.15) is 0 Å². The van der Waals surface area contributed by atoms with Gasteiger partial charge in [0.2, 0.25) is 9.84 Å². The van der Waals surface area contributed by atoms with Crippen LogP contribution in [0, 0.1) is 0 Å². The molecule has 0 aromatic heterocycles. The van der Waals surface area contributed by atoms with Gasteiger partial charge in [0, 0.05) is 0 Å². The van der Waals surface area contributed by atoms with Crippen LogP contribution in [0.1, 0.15) is 0 Å².